The molecule has 1 unspecified atom stereocenters. The zero-order valence-electron chi connectivity index (χ0n) is 11.6. The normalized spacial score (nSPS) is 19.4. The summed E-state index contributed by atoms with van der Waals surface area (Å²) in [6.07, 6.45) is 0. The molecule has 1 aliphatic rings. The van der Waals surface area contributed by atoms with Crippen molar-refractivity contribution in [2.24, 2.45) is 11.1 Å². The van der Waals surface area contributed by atoms with Crippen molar-refractivity contribution in [1.82, 2.24) is 4.90 Å². The van der Waals surface area contributed by atoms with Crippen LogP contribution in [0.15, 0.2) is 6.07 Å². The van der Waals surface area contributed by atoms with Gasteiger partial charge in [-0.2, -0.15) is 0 Å². The molecule has 0 aromatic heterocycles. The summed E-state index contributed by atoms with van der Waals surface area (Å²) in [5, 5.41) is 9.32. The Kier molecular flexibility index (Phi) is 4.09. The van der Waals surface area contributed by atoms with E-state index in [4.69, 9.17) is 5.73 Å². The van der Waals surface area contributed by atoms with Crippen LogP contribution in [0.3, 0.4) is 0 Å². The molecule has 112 valence electrons. The van der Waals surface area contributed by atoms with Crippen molar-refractivity contribution in [3.05, 3.63) is 34.6 Å². The molecule has 1 aromatic carbocycles. The minimum Gasteiger partial charge on any atom is -0.396 e. The van der Waals surface area contributed by atoms with E-state index in [1.165, 1.54) is 0 Å². The van der Waals surface area contributed by atoms with E-state index >= 15 is 0 Å². The van der Waals surface area contributed by atoms with Crippen molar-refractivity contribution in [3.8, 4) is 0 Å². The smallest absolute Gasteiger partial charge is 0.194 e. The maximum Gasteiger partial charge on any atom is 0.194 e. The molecule has 2 rings (SSSR count). The van der Waals surface area contributed by atoms with E-state index in [9.17, 15) is 18.3 Å². The van der Waals surface area contributed by atoms with Gasteiger partial charge in [-0.05, 0) is 11.6 Å². The van der Waals surface area contributed by atoms with Crippen LogP contribution in [0.5, 0.6) is 0 Å². The summed E-state index contributed by atoms with van der Waals surface area (Å²) >= 11 is 0. The second-order valence-corrected chi connectivity index (χ2v) is 6.03. The zero-order valence-corrected chi connectivity index (χ0v) is 11.6. The number of rotatable bonds is 4. The van der Waals surface area contributed by atoms with Gasteiger partial charge in [0.1, 0.15) is 0 Å². The largest absolute Gasteiger partial charge is 0.396 e. The Bertz CT molecular complexity index is 520. The number of halogens is 3. The molecule has 6 heteroatoms. The Morgan fingerprint density at radius 1 is 1.35 bits per heavy atom. The molecule has 1 aliphatic heterocycles. The van der Waals surface area contributed by atoms with Crippen LogP contribution in [-0.2, 0) is 6.54 Å². The Morgan fingerprint density at radius 2 is 2.00 bits per heavy atom. The Balaban J connectivity index is 2.37. The van der Waals surface area contributed by atoms with Crippen LogP contribution < -0.4 is 5.73 Å². The summed E-state index contributed by atoms with van der Waals surface area (Å²) in [5.74, 6) is -3.77. The Labute approximate surface area is 116 Å². The molecule has 0 fully saturated rings. The van der Waals surface area contributed by atoms with Crippen LogP contribution >= 0.6 is 0 Å². The van der Waals surface area contributed by atoms with Gasteiger partial charge in [-0.3, -0.25) is 4.90 Å². The maximum atomic E-state index is 13.8. The fraction of sp³-hybridized carbons (Fsp3) is 0.571. The van der Waals surface area contributed by atoms with Gasteiger partial charge >= 0.3 is 0 Å². The van der Waals surface area contributed by atoms with Gasteiger partial charge in [-0.1, -0.05) is 13.8 Å². The fourth-order valence-electron chi connectivity index (χ4n) is 2.66. The molecule has 0 spiro atoms. The van der Waals surface area contributed by atoms with Gasteiger partial charge in [-0.15, -0.1) is 0 Å². The molecule has 0 saturated heterocycles. The van der Waals surface area contributed by atoms with Crippen molar-refractivity contribution in [3.63, 3.8) is 0 Å². The minimum atomic E-state index is -1.44. The average Bonchev–Trinajstić information content (AvgIpc) is 2.73. The highest BCUT2D eigenvalue weighted by atomic mass is 19.2. The van der Waals surface area contributed by atoms with Gasteiger partial charge in [0.25, 0.3) is 0 Å². The zero-order chi connectivity index (χ0) is 15.1. The summed E-state index contributed by atoms with van der Waals surface area (Å²) in [4.78, 5) is 1.85. The molecule has 0 amide bonds. The number of aliphatic hydroxyl groups is 1. The predicted octanol–water partition coefficient (Wildman–Crippen LogP) is 1.94. The quantitative estimate of drug-likeness (QED) is 0.832. The first-order chi connectivity index (χ1) is 9.30. The second kappa shape index (κ2) is 5.35. The number of hydrogen-bond acceptors (Lipinski definition) is 3. The van der Waals surface area contributed by atoms with E-state index in [2.05, 4.69) is 0 Å². The van der Waals surface area contributed by atoms with Gasteiger partial charge in [0.2, 0.25) is 0 Å². The van der Waals surface area contributed by atoms with E-state index in [-0.39, 0.29) is 31.3 Å². The number of nitrogens with zero attached hydrogens (tertiary/aromatic N) is 1. The molecule has 1 atom stereocenters. The van der Waals surface area contributed by atoms with Crippen LogP contribution in [0.1, 0.15) is 31.0 Å². The summed E-state index contributed by atoms with van der Waals surface area (Å²) < 4.78 is 40.5. The summed E-state index contributed by atoms with van der Waals surface area (Å²) in [7, 11) is 0. The fourth-order valence-corrected chi connectivity index (χ4v) is 2.66. The number of fused-ring (bicyclic) bond motifs is 1. The molecule has 0 radical (unpaired) electrons. The van der Waals surface area contributed by atoms with Gasteiger partial charge in [0.15, 0.2) is 17.5 Å². The van der Waals surface area contributed by atoms with Crippen LogP contribution in [0.2, 0.25) is 0 Å². The molecule has 0 saturated carbocycles. The van der Waals surface area contributed by atoms with Crippen molar-refractivity contribution in [2.45, 2.75) is 26.4 Å². The Morgan fingerprint density at radius 3 is 2.55 bits per heavy atom. The second-order valence-electron chi connectivity index (χ2n) is 6.03. The van der Waals surface area contributed by atoms with Crippen LogP contribution in [0, 0.1) is 22.9 Å². The summed E-state index contributed by atoms with van der Waals surface area (Å²) in [5.41, 5.74) is 5.86. The van der Waals surface area contributed by atoms with Gasteiger partial charge in [-0.25, -0.2) is 13.2 Å². The van der Waals surface area contributed by atoms with E-state index in [1.807, 2.05) is 18.7 Å². The van der Waals surface area contributed by atoms with E-state index in [0.29, 0.717) is 12.1 Å². The monoisotopic (exact) mass is 288 g/mol. The SMILES string of the molecule is CC(C)(CO)CN1Cc2c(cc(F)c(F)c2F)C1CN. The van der Waals surface area contributed by atoms with Crippen LogP contribution in [0.4, 0.5) is 13.2 Å². The van der Waals surface area contributed by atoms with Crippen molar-refractivity contribution in [1.29, 1.82) is 0 Å². The molecule has 1 aromatic rings. The average molecular weight is 288 g/mol. The van der Waals surface area contributed by atoms with Crippen molar-refractivity contribution < 1.29 is 18.3 Å². The predicted molar refractivity (Wildman–Crippen MR) is 69.4 cm³/mol. The van der Waals surface area contributed by atoms with E-state index in [0.717, 1.165) is 6.07 Å². The summed E-state index contributed by atoms with van der Waals surface area (Å²) in [6, 6.07) is 0.664. The maximum absolute atomic E-state index is 13.8. The number of nitrogens with two attached hydrogens (primary N) is 1. The van der Waals surface area contributed by atoms with Crippen molar-refractivity contribution >= 4 is 0 Å². The van der Waals surface area contributed by atoms with Crippen molar-refractivity contribution in [2.75, 3.05) is 19.7 Å². The lowest BCUT2D eigenvalue weighted by molar-refractivity contribution is 0.0842. The van der Waals surface area contributed by atoms with Gasteiger partial charge < -0.3 is 10.8 Å². The van der Waals surface area contributed by atoms with Gasteiger partial charge in [0, 0.05) is 43.3 Å². The van der Waals surface area contributed by atoms with Crippen LogP contribution in [-0.4, -0.2) is 29.7 Å². The lowest BCUT2D eigenvalue weighted by Gasteiger charge is -2.32. The molecule has 3 nitrogen and oxygen atoms in total. The molecular formula is C14H19F3N2O. The molecule has 0 aliphatic carbocycles. The molecule has 0 bridgehead atoms. The Hall–Kier alpha value is -1.11. The van der Waals surface area contributed by atoms with E-state index < -0.39 is 22.9 Å². The van der Waals surface area contributed by atoms with E-state index in [1.54, 1.807) is 0 Å². The third-order valence-corrected chi connectivity index (χ3v) is 3.74. The van der Waals surface area contributed by atoms with Gasteiger partial charge in [0.05, 0.1) is 0 Å². The number of hydrogen-bond donors (Lipinski definition) is 2. The topological polar surface area (TPSA) is 49.5 Å². The number of benzene rings is 1. The minimum absolute atomic E-state index is 0.0393. The molecule has 1 heterocycles. The third kappa shape index (κ3) is 2.55. The standard InChI is InChI=1S/C14H19F3N2O/c1-14(2,7-20)6-19-5-9-8(11(19)4-18)3-10(15)13(17)12(9)16/h3,11,20H,4-7,18H2,1-2H3. The van der Waals surface area contributed by atoms with Crippen LogP contribution in [0.25, 0.3) is 0 Å². The molecule has 20 heavy (non-hydrogen) atoms. The lowest BCUT2D eigenvalue weighted by atomic mass is 9.93. The highest BCUT2D eigenvalue weighted by molar-refractivity contribution is 5.37. The third-order valence-electron chi connectivity index (χ3n) is 3.74. The molecular weight excluding hydrogens is 269 g/mol. The first-order valence-corrected chi connectivity index (χ1v) is 6.52. The molecule has 3 N–H and O–H groups in total. The lowest BCUT2D eigenvalue weighted by Crippen LogP contribution is -2.37. The number of aliphatic hydroxyl groups excluding tert-OH is 1. The highest BCUT2D eigenvalue weighted by Gasteiger charge is 2.36. The highest BCUT2D eigenvalue weighted by Crippen LogP contribution is 2.38. The first-order valence-electron chi connectivity index (χ1n) is 6.52. The summed E-state index contributed by atoms with van der Waals surface area (Å²) in [6.45, 7) is 4.50. The first kappa shape index (κ1) is 15.3.